The summed E-state index contributed by atoms with van der Waals surface area (Å²) in [5.74, 6) is -0.0277. The molecule has 0 amide bonds. The lowest BCUT2D eigenvalue weighted by Gasteiger charge is -2.37. The van der Waals surface area contributed by atoms with Gasteiger partial charge in [-0.05, 0) is 63.5 Å². The molecule has 0 bridgehead atoms. The highest BCUT2D eigenvalue weighted by atomic mass is 31.2. The fraction of sp³-hybridized carbons (Fsp3) is 0.632. The Hall–Kier alpha value is -0.880. The zero-order valence-electron chi connectivity index (χ0n) is 13.3. The number of fused-ring (bicyclic) bond motifs is 1. The van der Waals surface area contributed by atoms with Crippen LogP contribution in [0.2, 0.25) is 0 Å². The molecule has 118 valence electrons. The largest absolute Gasteiger partial charge is 0.385 e. The van der Waals surface area contributed by atoms with Crippen LogP contribution in [0.1, 0.15) is 74.6 Å². The normalized spacial score (nSPS) is 25.7. The fourth-order valence-electron chi connectivity index (χ4n) is 4.96. The van der Waals surface area contributed by atoms with E-state index in [1.807, 2.05) is 12.1 Å². The van der Waals surface area contributed by atoms with Crippen LogP contribution in [0.5, 0.6) is 0 Å². The van der Waals surface area contributed by atoms with Crippen molar-refractivity contribution in [2.75, 3.05) is 0 Å². The van der Waals surface area contributed by atoms with Gasteiger partial charge in [-0.1, -0.05) is 25.0 Å². The van der Waals surface area contributed by atoms with E-state index >= 15 is 0 Å². The van der Waals surface area contributed by atoms with Crippen molar-refractivity contribution in [3.63, 3.8) is 0 Å². The van der Waals surface area contributed by atoms with E-state index in [4.69, 9.17) is 4.52 Å². The number of hydrogen-bond acceptors (Lipinski definition) is 2. The lowest BCUT2D eigenvalue weighted by molar-refractivity contribution is 0.0756. The predicted octanol–water partition coefficient (Wildman–Crippen LogP) is 5.08. The van der Waals surface area contributed by atoms with Crippen molar-refractivity contribution >= 4 is 18.8 Å². The molecule has 3 aliphatic rings. The van der Waals surface area contributed by atoms with E-state index in [2.05, 4.69) is 12.1 Å². The Kier molecular flexibility index (Phi) is 3.98. The summed E-state index contributed by atoms with van der Waals surface area (Å²) >= 11 is 0. The van der Waals surface area contributed by atoms with Gasteiger partial charge in [-0.25, -0.2) is 4.79 Å². The lowest BCUT2D eigenvalue weighted by atomic mass is 9.99. The van der Waals surface area contributed by atoms with Gasteiger partial charge in [0.15, 0.2) is 0 Å². The Morgan fingerprint density at radius 3 is 1.95 bits per heavy atom. The molecular formula is C19H26O2P+. The first-order valence-electron chi connectivity index (χ1n) is 9.04. The lowest BCUT2D eigenvalue weighted by Crippen LogP contribution is -2.33. The van der Waals surface area contributed by atoms with Crippen LogP contribution >= 0.6 is 7.49 Å². The summed E-state index contributed by atoms with van der Waals surface area (Å²) in [6.07, 6.45) is 13.1. The highest BCUT2D eigenvalue weighted by molar-refractivity contribution is 7.81. The van der Waals surface area contributed by atoms with Crippen molar-refractivity contribution in [1.82, 2.24) is 0 Å². The summed E-state index contributed by atoms with van der Waals surface area (Å²) in [7, 11) is -1.79. The van der Waals surface area contributed by atoms with Crippen molar-refractivity contribution in [1.29, 1.82) is 0 Å². The topological polar surface area (TPSA) is 26.3 Å². The van der Waals surface area contributed by atoms with Gasteiger partial charge in [-0.2, -0.15) is 0 Å². The second-order valence-corrected chi connectivity index (χ2v) is 10.7. The predicted molar refractivity (Wildman–Crippen MR) is 92.2 cm³/mol. The number of benzene rings is 1. The van der Waals surface area contributed by atoms with Crippen molar-refractivity contribution in [3.05, 3.63) is 29.8 Å². The second kappa shape index (κ2) is 5.96. The maximum Gasteiger partial charge on any atom is 0.385 e. The third kappa shape index (κ3) is 2.22. The molecule has 1 heterocycles. The average Bonchev–Trinajstić information content (AvgIpc) is 2.91. The first-order valence-corrected chi connectivity index (χ1v) is 10.9. The smallest absolute Gasteiger partial charge is 0.302 e. The first-order chi connectivity index (χ1) is 10.8. The number of carbonyl (C=O) groups is 1. The summed E-state index contributed by atoms with van der Waals surface area (Å²) in [5.41, 5.74) is 2.15. The minimum absolute atomic E-state index is 0.0277. The zero-order valence-corrected chi connectivity index (χ0v) is 14.2. The zero-order chi connectivity index (χ0) is 15.0. The van der Waals surface area contributed by atoms with Crippen molar-refractivity contribution in [2.45, 2.75) is 75.5 Å². The minimum atomic E-state index is -1.79. The molecule has 1 aromatic rings. The molecule has 0 atom stereocenters. The Morgan fingerprint density at radius 1 is 0.818 bits per heavy atom. The van der Waals surface area contributed by atoms with Crippen LogP contribution < -0.4 is 5.30 Å². The van der Waals surface area contributed by atoms with Crippen LogP contribution in [-0.2, 0) is 4.52 Å². The van der Waals surface area contributed by atoms with Crippen LogP contribution in [0.4, 0.5) is 0 Å². The molecule has 1 aliphatic heterocycles. The van der Waals surface area contributed by atoms with E-state index in [0.717, 1.165) is 5.56 Å². The van der Waals surface area contributed by atoms with E-state index in [-0.39, 0.29) is 5.97 Å². The molecule has 0 saturated heterocycles. The molecule has 0 spiro atoms. The summed E-state index contributed by atoms with van der Waals surface area (Å²) < 4.78 is 6.37. The summed E-state index contributed by atoms with van der Waals surface area (Å²) in [5, 5.41) is 1.32. The molecule has 0 aromatic heterocycles. The van der Waals surface area contributed by atoms with Gasteiger partial charge in [-0.15, -0.1) is 0 Å². The molecule has 2 saturated carbocycles. The molecule has 0 unspecified atom stereocenters. The van der Waals surface area contributed by atoms with Crippen LogP contribution in [0.3, 0.4) is 0 Å². The van der Waals surface area contributed by atoms with Gasteiger partial charge >= 0.3 is 5.97 Å². The Balaban J connectivity index is 1.80. The van der Waals surface area contributed by atoms with Crippen molar-refractivity contribution in [2.24, 2.45) is 0 Å². The van der Waals surface area contributed by atoms with Crippen molar-refractivity contribution < 1.29 is 9.32 Å². The highest BCUT2D eigenvalue weighted by Crippen LogP contribution is 2.74. The molecule has 3 heteroatoms. The van der Waals surface area contributed by atoms with Gasteiger partial charge < -0.3 is 4.52 Å². The van der Waals surface area contributed by atoms with E-state index in [9.17, 15) is 4.79 Å². The van der Waals surface area contributed by atoms with Gasteiger partial charge in [0.2, 0.25) is 7.49 Å². The quantitative estimate of drug-likeness (QED) is 0.711. The second-order valence-electron chi connectivity index (χ2n) is 7.19. The molecule has 4 rings (SSSR count). The molecule has 2 fully saturated rings. The fourth-order valence-corrected chi connectivity index (χ4v) is 10.2. The van der Waals surface area contributed by atoms with Gasteiger partial charge in [-0.3, -0.25) is 0 Å². The van der Waals surface area contributed by atoms with E-state index in [1.165, 1.54) is 69.5 Å². The SMILES string of the molecule is O=C1O[P+](C2CCCCC2)(C2CCCCC2)c2ccccc21. The van der Waals surface area contributed by atoms with Gasteiger partial charge in [0.05, 0.1) is 0 Å². The average molecular weight is 317 g/mol. The number of rotatable bonds is 2. The Morgan fingerprint density at radius 2 is 1.36 bits per heavy atom. The number of hydrogen-bond donors (Lipinski definition) is 0. The molecule has 2 aliphatic carbocycles. The maximum atomic E-state index is 12.6. The highest BCUT2D eigenvalue weighted by Gasteiger charge is 2.63. The van der Waals surface area contributed by atoms with Crippen LogP contribution in [0.25, 0.3) is 0 Å². The van der Waals surface area contributed by atoms with Crippen LogP contribution in [-0.4, -0.2) is 17.3 Å². The Bertz CT molecular complexity index is 538. The minimum Gasteiger partial charge on any atom is -0.302 e. The van der Waals surface area contributed by atoms with Gasteiger partial charge in [0.25, 0.3) is 0 Å². The standard InChI is InChI=1S/C19H26O2P/c20-19-17-13-7-8-14-18(17)22(21-19,15-9-3-1-4-10-15)16-11-5-2-6-12-16/h7-8,13-16H,1-6,9-12H2/q+1. The molecule has 0 radical (unpaired) electrons. The summed E-state index contributed by atoms with van der Waals surface area (Å²) in [6.45, 7) is 0. The molecule has 1 aromatic carbocycles. The first kappa shape index (κ1) is 14.7. The third-order valence-electron chi connectivity index (χ3n) is 5.97. The Labute approximate surface area is 134 Å². The van der Waals surface area contributed by atoms with Crippen LogP contribution in [0, 0.1) is 0 Å². The molecule has 0 N–H and O–H groups in total. The van der Waals surface area contributed by atoms with Gasteiger partial charge in [0, 0.05) is 0 Å². The van der Waals surface area contributed by atoms with Crippen molar-refractivity contribution in [3.8, 4) is 0 Å². The van der Waals surface area contributed by atoms with E-state index in [0.29, 0.717) is 11.3 Å². The van der Waals surface area contributed by atoms with E-state index < -0.39 is 7.49 Å². The molecule has 22 heavy (non-hydrogen) atoms. The molecule has 2 nitrogen and oxygen atoms in total. The third-order valence-corrected chi connectivity index (χ3v) is 10.8. The number of carbonyl (C=O) groups excluding carboxylic acids is 1. The molecular weight excluding hydrogens is 291 g/mol. The summed E-state index contributed by atoms with van der Waals surface area (Å²) in [4.78, 5) is 12.6. The van der Waals surface area contributed by atoms with Crippen LogP contribution in [0.15, 0.2) is 24.3 Å². The monoisotopic (exact) mass is 317 g/mol. The van der Waals surface area contributed by atoms with Gasteiger partial charge in [0.1, 0.15) is 22.2 Å². The van der Waals surface area contributed by atoms with E-state index in [1.54, 1.807) is 0 Å². The maximum absolute atomic E-state index is 12.6. The summed E-state index contributed by atoms with van der Waals surface area (Å²) in [6, 6.07) is 8.31.